The van der Waals surface area contributed by atoms with E-state index in [9.17, 15) is 0 Å². The van der Waals surface area contributed by atoms with E-state index in [0.29, 0.717) is 17.9 Å². The number of hydrogen-bond donors (Lipinski definition) is 1. The Balaban J connectivity index is 2.97. The summed E-state index contributed by atoms with van der Waals surface area (Å²) in [6, 6.07) is 7.19. The molecule has 0 aliphatic heterocycles. The van der Waals surface area contributed by atoms with Crippen molar-refractivity contribution in [1.29, 1.82) is 5.26 Å². The van der Waals surface area contributed by atoms with Crippen LogP contribution < -0.4 is 5.73 Å². The monoisotopic (exact) mass is 162 g/mol. The molecule has 0 aromatic heterocycles. The first-order valence-electron chi connectivity index (χ1n) is 3.55. The topological polar surface area (TPSA) is 59.0 Å². The maximum Gasteiger partial charge on any atom is 0.0992 e. The van der Waals surface area contributed by atoms with Gasteiger partial charge < -0.3 is 10.5 Å². The maximum absolute atomic E-state index is 8.55. The molecule has 0 amide bonds. The van der Waals surface area contributed by atoms with E-state index < -0.39 is 0 Å². The highest BCUT2D eigenvalue weighted by molar-refractivity contribution is 5.51. The number of nitrogens with two attached hydrogens (primary N) is 1. The first kappa shape index (κ1) is 8.57. The number of methoxy groups -OCH3 is 1. The van der Waals surface area contributed by atoms with Gasteiger partial charge in [-0.1, -0.05) is 6.07 Å². The zero-order chi connectivity index (χ0) is 8.97. The molecule has 1 aromatic carbocycles. The number of nitrogens with zero attached hydrogens (tertiary/aromatic N) is 1. The van der Waals surface area contributed by atoms with Crippen LogP contribution in [0.25, 0.3) is 0 Å². The van der Waals surface area contributed by atoms with Crippen LogP contribution in [0.1, 0.15) is 11.1 Å². The van der Waals surface area contributed by atoms with Gasteiger partial charge in [-0.25, -0.2) is 0 Å². The number of nitrogen functional groups attached to an aromatic ring is 1. The second kappa shape index (κ2) is 3.74. The molecule has 12 heavy (non-hydrogen) atoms. The fraction of sp³-hybridized carbons (Fsp3) is 0.222. The number of anilines is 1. The number of ether oxygens (including phenoxy) is 1. The summed E-state index contributed by atoms with van der Waals surface area (Å²) in [5, 5.41) is 8.55. The van der Waals surface area contributed by atoms with Crippen LogP contribution in [0.2, 0.25) is 0 Å². The molecule has 0 atom stereocenters. The van der Waals surface area contributed by atoms with E-state index in [2.05, 4.69) is 0 Å². The van der Waals surface area contributed by atoms with Crippen LogP contribution in [0.3, 0.4) is 0 Å². The lowest BCUT2D eigenvalue weighted by Gasteiger charge is -2.03. The molecule has 0 aliphatic rings. The summed E-state index contributed by atoms with van der Waals surface area (Å²) in [7, 11) is 1.61. The van der Waals surface area contributed by atoms with Crippen molar-refractivity contribution in [3.8, 4) is 6.07 Å². The minimum atomic E-state index is 0.484. The molecule has 0 unspecified atom stereocenters. The largest absolute Gasteiger partial charge is 0.398 e. The highest BCUT2D eigenvalue weighted by Crippen LogP contribution is 2.14. The van der Waals surface area contributed by atoms with E-state index in [1.807, 2.05) is 6.07 Å². The summed E-state index contributed by atoms with van der Waals surface area (Å²) in [5.41, 5.74) is 7.75. The summed E-state index contributed by atoms with van der Waals surface area (Å²) >= 11 is 0. The highest BCUT2D eigenvalue weighted by Gasteiger charge is 1.98. The smallest absolute Gasteiger partial charge is 0.0992 e. The van der Waals surface area contributed by atoms with Gasteiger partial charge in [0, 0.05) is 18.4 Å². The van der Waals surface area contributed by atoms with Gasteiger partial charge in [0.2, 0.25) is 0 Å². The van der Waals surface area contributed by atoms with Gasteiger partial charge in [-0.05, 0) is 12.1 Å². The van der Waals surface area contributed by atoms with E-state index in [1.165, 1.54) is 0 Å². The van der Waals surface area contributed by atoms with Gasteiger partial charge >= 0.3 is 0 Å². The first-order valence-corrected chi connectivity index (χ1v) is 3.55. The summed E-state index contributed by atoms with van der Waals surface area (Å²) in [4.78, 5) is 0. The summed E-state index contributed by atoms with van der Waals surface area (Å²) < 4.78 is 4.92. The van der Waals surface area contributed by atoms with E-state index in [1.54, 1.807) is 25.3 Å². The second-order valence-electron chi connectivity index (χ2n) is 2.46. The molecule has 0 aliphatic carbocycles. The SMILES string of the molecule is COCc1ccc(C#N)cc1N. The second-order valence-corrected chi connectivity index (χ2v) is 2.46. The standard InChI is InChI=1S/C9H10N2O/c1-12-6-8-3-2-7(5-10)4-9(8)11/h2-4H,6,11H2,1H3. The third-order valence-electron chi connectivity index (χ3n) is 1.57. The van der Waals surface area contributed by atoms with Crippen LogP contribution in [-0.4, -0.2) is 7.11 Å². The predicted molar refractivity (Wildman–Crippen MR) is 46.3 cm³/mol. The number of rotatable bonds is 2. The molecule has 0 saturated heterocycles. The lowest BCUT2D eigenvalue weighted by Crippen LogP contribution is -1.96. The van der Waals surface area contributed by atoms with Crippen molar-refractivity contribution < 1.29 is 4.74 Å². The Hall–Kier alpha value is -1.53. The van der Waals surface area contributed by atoms with Crippen LogP contribution in [0.15, 0.2) is 18.2 Å². The van der Waals surface area contributed by atoms with Crippen molar-refractivity contribution in [2.45, 2.75) is 6.61 Å². The Bertz CT molecular complexity index is 315. The number of benzene rings is 1. The fourth-order valence-electron chi connectivity index (χ4n) is 0.951. The van der Waals surface area contributed by atoms with Crippen molar-refractivity contribution in [1.82, 2.24) is 0 Å². The molecule has 1 rings (SSSR count). The average Bonchev–Trinajstić information content (AvgIpc) is 2.09. The molecule has 0 spiro atoms. The summed E-state index contributed by atoms with van der Waals surface area (Å²) in [5.74, 6) is 0. The van der Waals surface area contributed by atoms with Crippen LogP contribution >= 0.6 is 0 Å². The van der Waals surface area contributed by atoms with Gasteiger partial charge in [0.1, 0.15) is 0 Å². The van der Waals surface area contributed by atoms with Gasteiger partial charge in [-0.3, -0.25) is 0 Å². The van der Waals surface area contributed by atoms with Crippen molar-refractivity contribution in [3.63, 3.8) is 0 Å². The normalized spacial score (nSPS) is 9.33. The molecule has 0 saturated carbocycles. The maximum atomic E-state index is 8.55. The Morgan fingerprint density at radius 1 is 1.58 bits per heavy atom. The lowest BCUT2D eigenvalue weighted by atomic mass is 10.1. The van der Waals surface area contributed by atoms with Crippen LogP contribution in [-0.2, 0) is 11.3 Å². The molecular weight excluding hydrogens is 152 g/mol. The van der Waals surface area contributed by atoms with Crippen LogP contribution in [0.5, 0.6) is 0 Å². The fourth-order valence-corrected chi connectivity index (χ4v) is 0.951. The van der Waals surface area contributed by atoms with Crippen molar-refractivity contribution in [2.24, 2.45) is 0 Å². The Labute approximate surface area is 71.4 Å². The van der Waals surface area contributed by atoms with E-state index in [-0.39, 0.29) is 0 Å². The molecule has 1 aromatic rings. The van der Waals surface area contributed by atoms with Gasteiger partial charge in [0.25, 0.3) is 0 Å². The van der Waals surface area contributed by atoms with Gasteiger partial charge in [-0.2, -0.15) is 5.26 Å². The predicted octanol–water partition coefficient (Wildman–Crippen LogP) is 1.29. The minimum Gasteiger partial charge on any atom is -0.398 e. The van der Waals surface area contributed by atoms with E-state index in [4.69, 9.17) is 15.7 Å². The minimum absolute atomic E-state index is 0.484. The van der Waals surface area contributed by atoms with E-state index in [0.717, 1.165) is 5.56 Å². The van der Waals surface area contributed by atoms with E-state index >= 15 is 0 Å². The molecule has 2 N–H and O–H groups in total. The highest BCUT2D eigenvalue weighted by atomic mass is 16.5. The Kier molecular flexibility index (Phi) is 2.67. The van der Waals surface area contributed by atoms with Crippen molar-refractivity contribution in [3.05, 3.63) is 29.3 Å². The molecule has 0 heterocycles. The lowest BCUT2D eigenvalue weighted by molar-refractivity contribution is 0.185. The van der Waals surface area contributed by atoms with Crippen molar-refractivity contribution >= 4 is 5.69 Å². The molecule has 3 heteroatoms. The van der Waals surface area contributed by atoms with Crippen molar-refractivity contribution in [2.75, 3.05) is 12.8 Å². The average molecular weight is 162 g/mol. The quantitative estimate of drug-likeness (QED) is 0.666. The Morgan fingerprint density at radius 2 is 2.33 bits per heavy atom. The third-order valence-corrected chi connectivity index (χ3v) is 1.57. The number of hydrogen-bond acceptors (Lipinski definition) is 3. The third kappa shape index (κ3) is 1.74. The molecule has 0 radical (unpaired) electrons. The van der Waals surface area contributed by atoms with Gasteiger partial charge in [0.05, 0.1) is 18.2 Å². The Morgan fingerprint density at radius 3 is 2.83 bits per heavy atom. The molecule has 0 fully saturated rings. The van der Waals surface area contributed by atoms with Gasteiger partial charge in [-0.15, -0.1) is 0 Å². The summed E-state index contributed by atoms with van der Waals surface area (Å²) in [6.45, 7) is 0.484. The zero-order valence-electron chi connectivity index (χ0n) is 6.87. The number of nitriles is 1. The zero-order valence-corrected chi connectivity index (χ0v) is 6.87. The molecular formula is C9H10N2O. The van der Waals surface area contributed by atoms with Gasteiger partial charge in [0.15, 0.2) is 0 Å². The molecule has 62 valence electrons. The van der Waals surface area contributed by atoms with Crippen LogP contribution in [0.4, 0.5) is 5.69 Å². The molecule has 0 bridgehead atoms. The van der Waals surface area contributed by atoms with Crippen LogP contribution in [0, 0.1) is 11.3 Å². The first-order chi connectivity index (χ1) is 5.77. The summed E-state index contributed by atoms with van der Waals surface area (Å²) in [6.07, 6.45) is 0. The molecule has 3 nitrogen and oxygen atoms in total.